The van der Waals surface area contributed by atoms with Crippen LogP contribution in [-0.2, 0) is 4.79 Å². The Morgan fingerprint density at radius 2 is 2.11 bits per heavy atom. The summed E-state index contributed by atoms with van der Waals surface area (Å²) in [6, 6.07) is 13.1. The van der Waals surface area contributed by atoms with E-state index in [0.717, 1.165) is 27.5 Å². The zero-order valence-electron chi connectivity index (χ0n) is 19.5. The Bertz CT molecular complexity index is 1590. The zero-order valence-corrected chi connectivity index (χ0v) is 20.3. The summed E-state index contributed by atoms with van der Waals surface area (Å²) in [6.45, 7) is 4.34. The van der Waals surface area contributed by atoms with Crippen LogP contribution in [0.5, 0.6) is 5.75 Å². The number of ether oxygens (including phenoxy) is 1. The average molecular weight is 503 g/mol. The third kappa shape index (κ3) is 4.82. The molecular formula is C25H22N6O4S. The number of thiazole rings is 1. The number of hydrogen-bond acceptors (Lipinski definition) is 10. The van der Waals surface area contributed by atoms with Crippen molar-refractivity contribution in [1.82, 2.24) is 20.1 Å². The number of aliphatic hydroxyl groups is 1. The Morgan fingerprint density at radius 3 is 2.92 bits per heavy atom. The summed E-state index contributed by atoms with van der Waals surface area (Å²) < 4.78 is 11.7. The van der Waals surface area contributed by atoms with Gasteiger partial charge in [0.05, 0.1) is 23.0 Å². The molecule has 36 heavy (non-hydrogen) atoms. The molecule has 0 aliphatic carbocycles. The summed E-state index contributed by atoms with van der Waals surface area (Å²) >= 11 is 1.28. The lowest BCUT2D eigenvalue weighted by molar-refractivity contribution is -0.115. The lowest BCUT2D eigenvalue weighted by Gasteiger charge is -2.07. The highest BCUT2D eigenvalue weighted by Crippen LogP contribution is 2.34. The second-order valence-electron chi connectivity index (χ2n) is 7.83. The second-order valence-corrected chi connectivity index (χ2v) is 8.83. The van der Waals surface area contributed by atoms with Gasteiger partial charge in [-0.2, -0.15) is 4.98 Å². The first-order chi connectivity index (χ1) is 17.5. The molecule has 0 spiro atoms. The number of hydrogen-bond donors (Lipinski definition) is 3. The van der Waals surface area contributed by atoms with Gasteiger partial charge in [0.15, 0.2) is 10.9 Å². The highest BCUT2D eigenvalue weighted by molar-refractivity contribution is 7.22. The number of nitrogens with one attached hydrogen (secondary N) is 2. The molecular weight excluding hydrogens is 480 g/mol. The number of pyridine rings is 1. The fourth-order valence-corrected chi connectivity index (χ4v) is 4.43. The van der Waals surface area contributed by atoms with Crippen molar-refractivity contribution in [2.75, 3.05) is 17.2 Å². The number of carbonyl (C=O) groups is 1. The summed E-state index contributed by atoms with van der Waals surface area (Å²) in [4.78, 5) is 25.6. The van der Waals surface area contributed by atoms with Crippen LogP contribution in [0, 0.1) is 6.92 Å². The van der Waals surface area contributed by atoms with Crippen molar-refractivity contribution in [3.05, 3.63) is 66.5 Å². The van der Waals surface area contributed by atoms with Crippen LogP contribution in [0.25, 0.3) is 32.4 Å². The Balaban J connectivity index is 1.34. The first-order valence-electron chi connectivity index (χ1n) is 11.2. The van der Waals surface area contributed by atoms with Crippen LogP contribution in [0.4, 0.5) is 10.9 Å². The molecule has 0 radical (unpaired) electrons. The van der Waals surface area contributed by atoms with Gasteiger partial charge in [-0.3, -0.25) is 10.1 Å². The normalized spacial score (nSPS) is 11.7. The molecule has 10 nitrogen and oxygen atoms in total. The molecule has 5 aromatic rings. The highest BCUT2D eigenvalue weighted by Gasteiger charge is 2.15. The van der Waals surface area contributed by atoms with Crippen molar-refractivity contribution in [2.24, 2.45) is 0 Å². The van der Waals surface area contributed by atoms with Crippen molar-refractivity contribution in [3.63, 3.8) is 0 Å². The summed E-state index contributed by atoms with van der Waals surface area (Å²) in [5.41, 5.74) is 1.46. The highest BCUT2D eigenvalue weighted by atomic mass is 32.1. The Labute approximate surface area is 209 Å². The van der Waals surface area contributed by atoms with E-state index < -0.39 is 11.7 Å². The number of nitrogens with zero attached hydrogens (tertiary/aromatic N) is 4. The van der Waals surface area contributed by atoms with Gasteiger partial charge in [0.25, 0.3) is 5.91 Å². The molecule has 11 heteroatoms. The SMILES string of the molecule is CCCOc1cccc2nc(NC(=O)C(O)=CNc3nccc4ccc(-c5noc(C)n5)cc34)sc12. The fourth-order valence-electron chi connectivity index (χ4n) is 3.51. The third-order valence-corrected chi connectivity index (χ3v) is 6.19. The van der Waals surface area contributed by atoms with E-state index in [1.807, 2.05) is 49.4 Å². The number of carbonyl (C=O) groups excluding carboxylic acids is 1. The van der Waals surface area contributed by atoms with E-state index in [9.17, 15) is 9.90 Å². The number of fused-ring (bicyclic) bond motifs is 2. The molecule has 5 rings (SSSR count). The van der Waals surface area contributed by atoms with Crippen molar-refractivity contribution >= 4 is 49.2 Å². The predicted octanol–water partition coefficient (Wildman–Crippen LogP) is 5.44. The summed E-state index contributed by atoms with van der Waals surface area (Å²) in [6.07, 6.45) is 3.70. The van der Waals surface area contributed by atoms with E-state index in [2.05, 4.69) is 30.7 Å². The van der Waals surface area contributed by atoms with Gasteiger partial charge in [0.2, 0.25) is 11.7 Å². The maximum Gasteiger partial charge on any atom is 0.293 e. The zero-order chi connectivity index (χ0) is 25.1. The molecule has 182 valence electrons. The van der Waals surface area contributed by atoms with Crippen LogP contribution < -0.4 is 15.4 Å². The van der Waals surface area contributed by atoms with Crippen LogP contribution in [0.2, 0.25) is 0 Å². The largest absolute Gasteiger partial charge is 0.502 e. The molecule has 0 saturated heterocycles. The minimum absolute atomic E-state index is 0.353. The molecule has 1 amide bonds. The fraction of sp³-hybridized carbons (Fsp3) is 0.160. The second kappa shape index (κ2) is 10.0. The smallest absolute Gasteiger partial charge is 0.293 e. The molecule has 0 bridgehead atoms. The lowest BCUT2D eigenvalue weighted by atomic mass is 10.1. The first kappa shape index (κ1) is 23.2. The molecule has 0 saturated carbocycles. The summed E-state index contributed by atoms with van der Waals surface area (Å²) in [7, 11) is 0. The van der Waals surface area contributed by atoms with Crippen molar-refractivity contribution in [1.29, 1.82) is 0 Å². The molecule has 0 atom stereocenters. The molecule has 3 aromatic heterocycles. The lowest BCUT2D eigenvalue weighted by Crippen LogP contribution is -2.15. The number of anilines is 2. The number of aromatic nitrogens is 4. The summed E-state index contributed by atoms with van der Waals surface area (Å²) in [5.74, 6) is 0.853. The van der Waals surface area contributed by atoms with E-state index >= 15 is 0 Å². The maximum atomic E-state index is 12.6. The molecule has 0 fully saturated rings. The van der Waals surface area contributed by atoms with Crippen LogP contribution in [0.3, 0.4) is 0 Å². The van der Waals surface area contributed by atoms with Crippen molar-refractivity contribution < 1.29 is 19.2 Å². The number of aryl methyl sites for hydroxylation is 1. The molecule has 2 aromatic carbocycles. The molecule has 0 aliphatic rings. The Hall–Kier alpha value is -4.51. The monoisotopic (exact) mass is 502 g/mol. The Morgan fingerprint density at radius 1 is 1.22 bits per heavy atom. The van der Waals surface area contributed by atoms with E-state index in [0.29, 0.717) is 40.5 Å². The molecule has 3 heterocycles. The Kier molecular flexibility index (Phi) is 6.46. The third-order valence-electron chi connectivity index (χ3n) is 5.19. The number of amides is 1. The quantitative estimate of drug-likeness (QED) is 0.187. The molecule has 0 unspecified atom stereocenters. The van der Waals surface area contributed by atoms with Crippen LogP contribution in [0.15, 0.2) is 65.1 Å². The van der Waals surface area contributed by atoms with Gasteiger partial charge in [-0.15, -0.1) is 0 Å². The molecule has 0 aliphatic heterocycles. The minimum Gasteiger partial charge on any atom is -0.502 e. The van der Waals surface area contributed by atoms with Gasteiger partial charge in [0.1, 0.15) is 11.6 Å². The van der Waals surface area contributed by atoms with E-state index in [1.54, 1.807) is 13.1 Å². The van der Waals surface area contributed by atoms with Crippen LogP contribution in [-0.4, -0.2) is 37.7 Å². The van der Waals surface area contributed by atoms with Crippen LogP contribution in [0.1, 0.15) is 19.2 Å². The van der Waals surface area contributed by atoms with Crippen LogP contribution >= 0.6 is 11.3 Å². The molecule has 3 N–H and O–H groups in total. The van der Waals surface area contributed by atoms with E-state index in [4.69, 9.17) is 9.26 Å². The topological polar surface area (TPSA) is 135 Å². The number of rotatable bonds is 8. The van der Waals surface area contributed by atoms with E-state index in [1.165, 1.54) is 17.5 Å². The minimum atomic E-state index is -0.708. The van der Waals surface area contributed by atoms with Gasteiger partial charge < -0.3 is 19.7 Å². The van der Waals surface area contributed by atoms with Crippen molar-refractivity contribution in [3.8, 4) is 17.1 Å². The average Bonchev–Trinajstić information content (AvgIpc) is 3.51. The van der Waals surface area contributed by atoms with Gasteiger partial charge >= 0.3 is 0 Å². The van der Waals surface area contributed by atoms with Gasteiger partial charge in [-0.05, 0) is 36.1 Å². The van der Waals surface area contributed by atoms with E-state index in [-0.39, 0.29) is 0 Å². The number of benzene rings is 2. The van der Waals surface area contributed by atoms with Gasteiger partial charge in [0, 0.05) is 24.1 Å². The maximum absolute atomic E-state index is 12.6. The standard InChI is InChI=1S/C25H22N6O4S/c1-3-11-34-20-6-4-5-18-21(20)36-25(29-18)30-24(33)19(32)13-27-23-17-12-16(22-28-14(2)35-31-22)8-7-15(17)9-10-26-23/h4-10,12-13,32H,3,11H2,1-2H3,(H,26,27)(H,29,30,33). The van der Waals surface area contributed by atoms with Crippen molar-refractivity contribution in [2.45, 2.75) is 20.3 Å². The summed E-state index contributed by atoms with van der Waals surface area (Å²) in [5, 5.41) is 21.9. The van der Waals surface area contributed by atoms with Gasteiger partial charge in [-0.1, -0.05) is 41.6 Å². The number of aliphatic hydroxyl groups excluding tert-OH is 1. The predicted molar refractivity (Wildman–Crippen MR) is 138 cm³/mol. The van der Waals surface area contributed by atoms with Gasteiger partial charge in [-0.25, -0.2) is 9.97 Å². The first-order valence-corrected chi connectivity index (χ1v) is 12.0.